The van der Waals surface area contributed by atoms with Gasteiger partial charge in [-0.2, -0.15) is 5.26 Å². The Hall–Kier alpha value is -2.63. The van der Waals surface area contributed by atoms with Gasteiger partial charge in [0.25, 0.3) is 5.56 Å². The molecule has 1 aromatic carbocycles. The van der Waals surface area contributed by atoms with Crippen molar-refractivity contribution in [1.29, 1.82) is 5.26 Å². The number of aryl methyl sites for hydroxylation is 4. The maximum atomic E-state index is 13.7. The fourth-order valence-electron chi connectivity index (χ4n) is 3.81. The molecule has 0 spiro atoms. The van der Waals surface area contributed by atoms with Gasteiger partial charge in [-0.1, -0.05) is 17.8 Å². The minimum absolute atomic E-state index is 0.0555. The van der Waals surface area contributed by atoms with Crippen molar-refractivity contribution in [3.8, 4) is 11.8 Å². The van der Waals surface area contributed by atoms with Gasteiger partial charge < -0.3 is 5.32 Å². The molecule has 31 heavy (non-hydrogen) atoms. The lowest BCUT2D eigenvalue weighted by Gasteiger charge is -2.14. The van der Waals surface area contributed by atoms with Gasteiger partial charge >= 0.3 is 0 Å². The molecule has 0 radical (unpaired) electrons. The van der Waals surface area contributed by atoms with Crippen molar-refractivity contribution < 1.29 is 4.79 Å². The number of carbonyl (C=O) groups is 1. The van der Waals surface area contributed by atoms with Crippen LogP contribution in [0, 0.1) is 25.2 Å². The number of aromatic nitrogens is 2. The van der Waals surface area contributed by atoms with Crippen LogP contribution in [0.25, 0.3) is 15.9 Å². The van der Waals surface area contributed by atoms with E-state index in [0.29, 0.717) is 11.7 Å². The normalized spacial score (nSPS) is 13.1. The highest BCUT2D eigenvalue weighted by Crippen LogP contribution is 2.35. The van der Waals surface area contributed by atoms with Crippen molar-refractivity contribution in [2.45, 2.75) is 51.1 Å². The Morgan fingerprint density at radius 3 is 2.87 bits per heavy atom. The van der Waals surface area contributed by atoms with E-state index in [9.17, 15) is 9.59 Å². The Morgan fingerprint density at radius 2 is 2.10 bits per heavy atom. The average Bonchev–Trinajstić information content (AvgIpc) is 3.13. The van der Waals surface area contributed by atoms with Crippen LogP contribution in [0.2, 0.25) is 0 Å². The van der Waals surface area contributed by atoms with Crippen molar-refractivity contribution in [2.75, 3.05) is 12.3 Å². The molecule has 0 atom stereocenters. The summed E-state index contributed by atoms with van der Waals surface area (Å²) in [6.45, 7) is 4.39. The lowest BCUT2D eigenvalue weighted by molar-refractivity contribution is -0.118. The summed E-state index contributed by atoms with van der Waals surface area (Å²) in [6, 6.07) is 7.96. The molecular weight excluding hydrogens is 428 g/mol. The van der Waals surface area contributed by atoms with E-state index in [-0.39, 0.29) is 23.6 Å². The van der Waals surface area contributed by atoms with Gasteiger partial charge in [0.05, 0.1) is 29.3 Å². The van der Waals surface area contributed by atoms with Crippen molar-refractivity contribution in [3.63, 3.8) is 0 Å². The molecule has 160 valence electrons. The van der Waals surface area contributed by atoms with Crippen LogP contribution in [0.15, 0.2) is 28.2 Å². The van der Waals surface area contributed by atoms with E-state index in [2.05, 4.69) is 5.32 Å². The first-order chi connectivity index (χ1) is 15.0. The summed E-state index contributed by atoms with van der Waals surface area (Å²) in [5.41, 5.74) is 4.13. The number of thiophene rings is 1. The van der Waals surface area contributed by atoms with Crippen LogP contribution in [0.4, 0.5) is 0 Å². The van der Waals surface area contributed by atoms with Crippen LogP contribution in [0.3, 0.4) is 0 Å². The molecular formula is C23H24N4O2S2. The van der Waals surface area contributed by atoms with E-state index in [1.807, 2.05) is 38.1 Å². The molecule has 8 heteroatoms. The number of amides is 1. The van der Waals surface area contributed by atoms with Crippen LogP contribution >= 0.6 is 23.1 Å². The zero-order valence-electron chi connectivity index (χ0n) is 17.7. The van der Waals surface area contributed by atoms with Gasteiger partial charge in [-0.25, -0.2) is 4.98 Å². The fraction of sp³-hybridized carbons (Fsp3) is 0.391. The lowest BCUT2D eigenvalue weighted by atomic mass is 9.97. The smallest absolute Gasteiger partial charge is 0.267 e. The molecule has 0 saturated heterocycles. The quantitative estimate of drug-likeness (QED) is 0.346. The molecule has 0 bridgehead atoms. The Balaban J connectivity index is 1.79. The third kappa shape index (κ3) is 4.39. The SMILES string of the molecule is Cc1ccc(-n2c(SCC(=O)NCCC#N)nc3sc4c(c3c2=O)CCCC4)cc1C. The molecule has 1 aliphatic carbocycles. The largest absolute Gasteiger partial charge is 0.354 e. The molecule has 6 nitrogen and oxygen atoms in total. The van der Waals surface area contributed by atoms with Gasteiger partial charge in [0.1, 0.15) is 4.83 Å². The highest BCUT2D eigenvalue weighted by molar-refractivity contribution is 7.99. The minimum Gasteiger partial charge on any atom is -0.354 e. The standard InChI is InChI=1S/C23H24N4O2S2/c1-14-8-9-16(12-15(14)2)27-22(29)20-17-6-3-4-7-18(17)31-21(20)26-23(27)30-13-19(28)25-11-5-10-24/h8-9,12H,3-7,11,13H2,1-2H3,(H,25,28). The maximum Gasteiger partial charge on any atom is 0.267 e. The number of nitrogens with zero attached hydrogens (tertiary/aromatic N) is 3. The van der Waals surface area contributed by atoms with Crippen molar-refractivity contribution in [2.24, 2.45) is 0 Å². The first kappa shape index (κ1) is 21.6. The number of nitrogens with one attached hydrogen (secondary N) is 1. The van der Waals surface area contributed by atoms with E-state index in [1.54, 1.807) is 15.9 Å². The molecule has 2 aromatic heterocycles. The fourth-order valence-corrected chi connectivity index (χ4v) is 5.96. The minimum atomic E-state index is -0.174. The van der Waals surface area contributed by atoms with Crippen molar-refractivity contribution >= 4 is 39.2 Å². The number of hydrogen-bond donors (Lipinski definition) is 1. The molecule has 1 amide bonds. The number of nitriles is 1. The molecule has 0 saturated carbocycles. The number of fused-ring (bicyclic) bond motifs is 3. The molecule has 1 N–H and O–H groups in total. The first-order valence-corrected chi connectivity index (χ1v) is 12.2. The summed E-state index contributed by atoms with van der Waals surface area (Å²) >= 11 is 2.87. The predicted octanol–water partition coefficient (Wildman–Crippen LogP) is 4.06. The van der Waals surface area contributed by atoms with E-state index in [0.717, 1.165) is 58.3 Å². The topological polar surface area (TPSA) is 87.8 Å². The van der Waals surface area contributed by atoms with Gasteiger partial charge in [0.2, 0.25) is 5.91 Å². The number of hydrogen-bond acceptors (Lipinski definition) is 6. The summed E-state index contributed by atoms with van der Waals surface area (Å²) in [6.07, 6.45) is 4.45. The first-order valence-electron chi connectivity index (χ1n) is 10.4. The molecule has 0 fully saturated rings. The highest BCUT2D eigenvalue weighted by atomic mass is 32.2. The Bertz CT molecular complexity index is 1250. The summed E-state index contributed by atoms with van der Waals surface area (Å²) in [5.74, 6) is -0.0361. The number of thioether (sulfide) groups is 1. The van der Waals surface area contributed by atoms with Crippen molar-refractivity contribution in [3.05, 3.63) is 50.1 Å². The predicted molar refractivity (Wildman–Crippen MR) is 125 cm³/mol. The van der Waals surface area contributed by atoms with Crippen LogP contribution in [0.5, 0.6) is 0 Å². The van der Waals surface area contributed by atoms with Gasteiger partial charge in [0, 0.05) is 11.4 Å². The summed E-state index contributed by atoms with van der Waals surface area (Å²) in [7, 11) is 0. The lowest BCUT2D eigenvalue weighted by Crippen LogP contribution is -2.27. The van der Waals surface area contributed by atoms with Crippen LogP contribution in [-0.2, 0) is 17.6 Å². The molecule has 2 heterocycles. The van der Waals surface area contributed by atoms with E-state index < -0.39 is 0 Å². The van der Waals surface area contributed by atoms with Gasteiger partial charge in [0.15, 0.2) is 5.16 Å². The highest BCUT2D eigenvalue weighted by Gasteiger charge is 2.23. The van der Waals surface area contributed by atoms with Crippen LogP contribution < -0.4 is 10.9 Å². The summed E-state index contributed by atoms with van der Waals surface area (Å²) in [5, 5.41) is 12.6. The third-order valence-corrected chi connectivity index (χ3v) is 7.72. The second-order valence-corrected chi connectivity index (χ2v) is 9.77. The number of benzene rings is 1. The van der Waals surface area contributed by atoms with E-state index in [4.69, 9.17) is 10.2 Å². The zero-order chi connectivity index (χ0) is 22.0. The molecule has 3 aromatic rings. The maximum absolute atomic E-state index is 13.7. The molecule has 4 rings (SSSR count). The van der Waals surface area contributed by atoms with Gasteiger partial charge in [-0.3, -0.25) is 14.2 Å². The zero-order valence-corrected chi connectivity index (χ0v) is 19.3. The third-order valence-electron chi connectivity index (χ3n) is 5.60. The van der Waals surface area contributed by atoms with E-state index in [1.165, 1.54) is 16.6 Å². The van der Waals surface area contributed by atoms with E-state index >= 15 is 0 Å². The monoisotopic (exact) mass is 452 g/mol. The average molecular weight is 453 g/mol. The van der Waals surface area contributed by atoms with Crippen LogP contribution in [0.1, 0.15) is 40.8 Å². The Morgan fingerprint density at radius 1 is 1.29 bits per heavy atom. The van der Waals surface area contributed by atoms with Crippen molar-refractivity contribution in [1.82, 2.24) is 14.9 Å². The Kier molecular flexibility index (Phi) is 6.44. The molecule has 0 unspecified atom stereocenters. The summed E-state index contributed by atoms with van der Waals surface area (Å²) < 4.78 is 1.66. The van der Waals surface area contributed by atoms with Gasteiger partial charge in [-0.15, -0.1) is 11.3 Å². The number of rotatable bonds is 6. The van der Waals surface area contributed by atoms with Gasteiger partial charge in [-0.05, 0) is 68.4 Å². The second-order valence-electron chi connectivity index (χ2n) is 7.74. The summed E-state index contributed by atoms with van der Waals surface area (Å²) in [4.78, 5) is 32.8. The number of carbonyl (C=O) groups excluding carboxylic acids is 1. The van der Waals surface area contributed by atoms with Crippen LogP contribution in [-0.4, -0.2) is 27.8 Å². The Labute approximate surface area is 189 Å². The molecule has 0 aliphatic heterocycles. The molecule has 1 aliphatic rings. The second kappa shape index (κ2) is 9.25.